The molecular formula is C15H25NO. The lowest BCUT2D eigenvalue weighted by molar-refractivity contribution is 0.250. The highest BCUT2D eigenvalue weighted by Crippen LogP contribution is 2.22. The van der Waals surface area contributed by atoms with Crippen LogP contribution in [0.3, 0.4) is 0 Å². The van der Waals surface area contributed by atoms with E-state index in [2.05, 4.69) is 32.9 Å². The van der Waals surface area contributed by atoms with Crippen molar-refractivity contribution in [1.29, 1.82) is 0 Å². The number of aryl methyl sites for hydroxylation is 1. The Morgan fingerprint density at radius 3 is 2.53 bits per heavy atom. The summed E-state index contributed by atoms with van der Waals surface area (Å²) in [6, 6.07) is 6.29. The van der Waals surface area contributed by atoms with Crippen LogP contribution in [0.15, 0.2) is 18.2 Å². The fourth-order valence-corrected chi connectivity index (χ4v) is 1.93. The number of hydrogen-bond donors (Lipinski definition) is 1. The van der Waals surface area contributed by atoms with E-state index in [1.807, 2.05) is 13.0 Å². The molecule has 2 nitrogen and oxygen atoms in total. The molecule has 1 rings (SSSR count). The largest absolute Gasteiger partial charge is 0.493 e. The second kappa shape index (κ2) is 6.65. The first kappa shape index (κ1) is 14.0. The molecule has 17 heavy (non-hydrogen) atoms. The normalized spacial score (nSPS) is 14.4. The summed E-state index contributed by atoms with van der Waals surface area (Å²) in [4.78, 5) is 0. The van der Waals surface area contributed by atoms with Crippen molar-refractivity contribution in [3.05, 3.63) is 29.3 Å². The number of rotatable bonds is 6. The van der Waals surface area contributed by atoms with Gasteiger partial charge in [-0.25, -0.2) is 0 Å². The Morgan fingerprint density at radius 2 is 2.00 bits per heavy atom. The third-order valence-electron chi connectivity index (χ3n) is 3.03. The number of ether oxygens (including phenoxy) is 1. The molecule has 2 heteroatoms. The molecule has 0 aromatic heterocycles. The minimum Gasteiger partial charge on any atom is -0.493 e. The van der Waals surface area contributed by atoms with Crippen molar-refractivity contribution in [2.45, 2.75) is 46.6 Å². The molecule has 0 aliphatic carbocycles. The molecule has 1 aromatic rings. The van der Waals surface area contributed by atoms with Gasteiger partial charge in [-0.2, -0.15) is 0 Å². The average Bonchev–Trinajstić information content (AvgIpc) is 2.27. The van der Waals surface area contributed by atoms with Gasteiger partial charge in [-0.3, -0.25) is 0 Å². The summed E-state index contributed by atoms with van der Waals surface area (Å²) in [5, 5.41) is 0. The van der Waals surface area contributed by atoms with Crippen LogP contribution in [0.1, 0.15) is 50.8 Å². The van der Waals surface area contributed by atoms with E-state index >= 15 is 0 Å². The van der Waals surface area contributed by atoms with Crippen LogP contribution in [0.25, 0.3) is 0 Å². The molecule has 2 N–H and O–H groups in total. The monoisotopic (exact) mass is 235 g/mol. The van der Waals surface area contributed by atoms with Gasteiger partial charge >= 0.3 is 0 Å². The van der Waals surface area contributed by atoms with Gasteiger partial charge in [0.05, 0.1) is 6.61 Å². The molecule has 0 aliphatic rings. The summed E-state index contributed by atoms with van der Waals surface area (Å²) in [6.07, 6.45) is 2.43. The first-order chi connectivity index (χ1) is 8.04. The van der Waals surface area contributed by atoms with Crippen LogP contribution in [0, 0.1) is 12.8 Å². The van der Waals surface area contributed by atoms with Crippen molar-refractivity contribution in [2.75, 3.05) is 6.61 Å². The van der Waals surface area contributed by atoms with Crippen molar-refractivity contribution in [1.82, 2.24) is 0 Å². The molecule has 0 fully saturated rings. The van der Waals surface area contributed by atoms with Gasteiger partial charge in [0, 0.05) is 6.04 Å². The molecule has 0 saturated heterocycles. The predicted molar refractivity (Wildman–Crippen MR) is 73.3 cm³/mol. The zero-order valence-electron chi connectivity index (χ0n) is 11.5. The second-order valence-electron chi connectivity index (χ2n) is 5.02. The minimum absolute atomic E-state index is 0.0850. The Bertz CT molecular complexity index is 347. The van der Waals surface area contributed by atoms with Crippen LogP contribution in [0.4, 0.5) is 0 Å². The minimum atomic E-state index is 0.0850. The third kappa shape index (κ3) is 4.39. The zero-order valence-corrected chi connectivity index (χ0v) is 11.5. The van der Waals surface area contributed by atoms with Gasteiger partial charge in [-0.1, -0.05) is 32.4 Å². The van der Waals surface area contributed by atoms with E-state index in [0.29, 0.717) is 5.92 Å². The number of hydrogen-bond acceptors (Lipinski definition) is 2. The first-order valence-corrected chi connectivity index (χ1v) is 6.53. The van der Waals surface area contributed by atoms with Gasteiger partial charge in [-0.15, -0.1) is 0 Å². The lowest BCUT2D eigenvalue weighted by Crippen LogP contribution is -2.10. The molecule has 2 atom stereocenters. The lowest BCUT2D eigenvalue weighted by Gasteiger charge is -2.15. The quantitative estimate of drug-likeness (QED) is 0.813. The number of nitrogens with two attached hydrogens (primary N) is 1. The molecule has 0 heterocycles. The van der Waals surface area contributed by atoms with Gasteiger partial charge in [0.15, 0.2) is 0 Å². The Labute approximate surface area is 105 Å². The van der Waals surface area contributed by atoms with Crippen molar-refractivity contribution >= 4 is 0 Å². The maximum absolute atomic E-state index is 5.85. The summed E-state index contributed by atoms with van der Waals surface area (Å²) < 4.78 is 5.85. The highest BCUT2D eigenvalue weighted by atomic mass is 16.5. The molecule has 0 saturated carbocycles. The van der Waals surface area contributed by atoms with Gasteiger partial charge in [0.2, 0.25) is 0 Å². The van der Waals surface area contributed by atoms with Gasteiger partial charge in [0.25, 0.3) is 0 Å². The molecule has 0 radical (unpaired) electrons. The summed E-state index contributed by atoms with van der Waals surface area (Å²) in [6.45, 7) is 9.31. The van der Waals surface area contributed by atoms with Crippen LogP contribution < -0.4 is 10.5 Å². The summed E-state index contributed by atoms with van der Waals surface area (Å²) in [7, 11) is 0. The van der Waals surface area contributed by atoms with Crippen LogP contribution in [0.2, 0.25) is 0 Å². The highest BCUT2D eigenvalue weighted by molar-refractivity contribution is 5.37. The van der Waals surface area contributed by atoms with Crippen molar-refractivity contribution in [2.24, 2.45) is 11.7 Å². The molecule has 96 valence electrons. The van der Waals surface area contributed by atoms with E-state index < -0.39 is 0 Å². The van der Waals surface area contributed by atoms with Gasteiger partial charge in [0.1, 0.15) is 5.75 Å². The summed E-state index contributed by atoms with van der Waals surface area (Å²) in [5.74, 6) is 1.60. The van der Waals surface area contributed by atoms with Gasteiger partial charge in [-0.05, 0) is 43.4 Å². The SMILES string of the molecule is CCCC(C)COc1ccc([C@@H](C)N)cc1C. The van der Waals surface area contributed by atoms with E-state index in [0.717, 1.165) is 17.9 Å². The van der Waals surface area contributed by atoms with Crippen LogP contribution in [0.5, 0.6) is 5.75 Å². The smallest absolute Gasteiger partial charge is 0.122 e. The van der Waals surface area contributed by atoms with Crippen molar-refractivity contribution in [3.63, 3.8) is 0 Å². The Balaban J connectivity index is 2.60. The standard InChI is InChI=1S/C15H25NO/c1-5-6-11(2)10-17-15-8-7-14(13(4)16)9-12(15)3/h7-9,11,13H,5-6,10,16H2,1-4H3/t11?,13-/m1/s1. The lowest BCUT2D eigenvalue weighted by atomic mass is 10.1. The summed E-state index contributed by atoms with van der Waals surface area (Å²) >= 11 is 0. The summed E-state index contributed by atoms with van der Waals surface area (Å²) in [5.41, 5.74) is 8.19. The van der Waals surface area contributed by atoms with E-state index in [4.69, 9.17) is 10.5 Å². The van der Waals surface area contributed by atoms with Crippen LogP contribution in [-0.2, 0) is 0 Å². The molecule has 0 amide bonds. The van der Waals surface area contributed by atoms with Crippen molar-refractivity contribution in [3.8, 4) is 5.75 Å². The Kier molecular flexibility index (Phi) is 5.49. The molecule has 1 aromatic carbocycles. The van der Waals surface area contributed by atoms with E-state index in [1.165, 1.54) is 18.4 Å². The predicted octanol–water partition coefficient (Wildman–Crippen LogP) is 3.83. The Morgan fingerprint density at radius 1 is 1.29 bits per heavy atom. The van der Waals surface area contributed by atoms with Crippen LogP contribution >= 0.6 is 0 Å². The topological polar surface area (TPSA) is 35.2 Å². The molecule has 0 spiro atoms. The van der Waals surface area contributed by atoms with Crippen molar-refractivity contribution < 1.29 is 4.74 Å². The van der Waals surface area contributed by atoms with Gasteiger partial charge < -0.3 is 10.5 Å². The van der Waals surface area contributed by atoms with E-state index in [-0.39, 0.29) is 6.04 Å². The Hall–Kier alpha value is -1.02. The molecule has 0 aliphatic heterocycles. The number of benzene rings is 1. The maximum Gasteiger partial charge on any atom is 0.122 e. The molecule has 1 unspecified atom stereocenters. The first-order valence-electron chi connectivity index (χ1n) is 6.53. The maximum atomic E-state index is 5.85. The zero-order chi connectivity index (χ0) is 12.8. The fraction of sp³-hybridized carbons (Fsp3) is 0.600. The molecule has 0 bridgehead atoms. The van der Waals surface area contributed by atoms with Crippen LogP contribution in [-0.4, -0.2) is 6.61 Å². The third-order valence-corrected chi connectivity index (χ3v) is 3.03. The van der Waals surface area contributed by atoms with E-state index in [9.17, 15) is 0 Å². The average molecular weight is 235 g/mol. The van der Waals surface area contributed by atoms with E-state index in [1.54, 1.807) is 0 Å². The fourth-order valence-electron chi connectivity index (χ4n) is 1.93. The molecular weight excluding hydrogens is 210 g/mol. The second-order valence-corrected chi connectivity index (χ2v) is 5.02. The highest BCUT2D eigenvalue weighted by Gasteiger charge is 2.06.